The average Bonchev–Trinajstić information content (AvgIpc) is 3.39. The van der Waals surface area contributed by atoms with Crippen LogP contribution in [0.15, 0.2) is 47.4 Å². The maximum absolute atomic E-state index is 12.8. The van der Waals surface area contributed by atoms with Gasteiger partial charge >= 0.3 is 0 Å². The Balaban J connectivity index is 1.46. The Labute approximate surface area is 218 Å². The lowest BCUT2D eigenvalue weighted by Crippen LogP contribution is -2.40. The predicted molar refractivity (Wildman–Crippen MR) is 141 cm³/mol. The monoisotopic (exact) mass is 674 g/mol. The van der Waals surface area contributed by atoms with E-state index in [0.29, 0.717) is 24.6 Å². The first kappa shape index (κ1) is 23.6. The smallest absolute Gasteiger partial charge is 0.294 e. The molecular weight excluding hydrogens is 654 g/mol. The van der Waals surface area contributed by atoms with E-state index in [1.165, 1.54) is 0 Å². The number of carbonyl (C=O) groups excluding carboxylic acids is 3. The van der Waals surface area contributed by atoms with Crippen molar-refractivity contribution in [1.82, 2.24) is 9.80 Å². The zero-order valence-electron chi connectivity index (χ0n) is 17.1. The number of rotatable bonds is 6. The molecule has 0 unspecified atom stereocenters. The van der Waals surface area contributed by atoms with Crippen molar-refractivity contribution in [1.29, 1.82) is 0 Å². The Morgan fingerprint density at radius 1 is 1.06 bits per heavy atom. The highest BCUT2D eigenvalue weighted by Crippen LogP contribution is 2.35. The van der Waals surface area contributed by atoms with Gasteiger partial charge in [-0.2, -0.15) is 0 Å². The molecule has 0 aromatic heterocycles. The number of benzene rings is 2. The van der Waals surface area contributed by atoms with E-state index in [1.807, 2.05) is 42.5 Å². The number of hydrogen-bond acceptors (Lipinski definition) is 5. The first-order valence-electron chi connectivity index (χ1n) is 10.1. The van der Waals surface area contributed by atoms with Crippen molar-refractivity contribution in [2.45, 2.75) is 19.4 Å². The molecule has 3 amide bonds. The third kappa shape index (κ3) is 5.48. The zero-order chi connectivity index (χ0) is 22.7. The normalized spacial score (nSPS) is 17.5. The van der Waals surface area contributed by atoms with Crippen LogP contribution in [0.2, 0.25) is 0 Å². The van der Waals surface area contributed by atoms with Crippen LogP contribution in [0, 0.1) is 7.14 Å². The lowest BCUT2D eigenvalue weighted by Gasteiger charge is -2.18. The van der Waals surface area contributed by atoms with E-state index in [2.05, 4.69) is 45.2 Å². The van der Waals surface area contributed by atoms with Crippen molar-refractivity contribution in [2.75, 3.05) is 19.6 Å². The quantitative estimate of drug-likeness (QED) is 0.314. The fourth-order valence-corrected chi connectivity index (χ4v) is 6.49. The summed E-state index contributed by atoms with van der Waals surface area (Å²) in [4.78, 5) is 40.6. The molecule has 0 aliphatic carbocycles. The zero-order valence-corrected chi connectivity index (χ0v) is 22.2. The topological polar surface area (TPSA) is 66.9 Å². The van der Waals surface area contributed by atoms with Crippen LogP contribution in [-0.2, 0) is 16.2 Å². The highest BCUT2D eigenvalue weighted by Gasteiger charge is 2.37. The fourth-order valence-electron chi connectivity index (χ4n) is 3.52. The molecule has 32 heavy (non-hydrogen) atoms. The number of amides is 3. The highest BCUT2D eigenvalue weighted by molar-refractivity contribution is 14.1. The number of nitrogens with zero attached hydrogens (tertiary/aromatic N) is 2. The molecule has 2 aliphatic heterocycles. The summed E-state index contributed by atoms with van der Waals surface area (Å²) in [5.41, 5.74) is 1.89. The SMILES string of the molecule is O=C(CN1C(=O)S/C(=C/c2cc(I)c(OCc3ccccc3)c(I)c2)C1=O)N1CCCC1. The number of carbonyl (C=O) groups is 3. The van der Waals surface area contributed by atoms with Crippen LogP contribution >= 0.6 is 56.9 Å². The van der Waals surface area contributed by atoms with Gasteiger partial charge in [0.2, 0.25) is 5.91 Å². The van der Waals surface area contributed by atoms with Crippen LogP contribution in [0.3, 0.4) is 0 Å². The maximum Gasteiger partial charge on any atom is 0.294 e. The van der Waals surface area contributed by atoms with Gasteiger partial charge in [-0.15, -0.1) is 0 Å². The second-order valence-electron chi connectivity index (χ2n) is 7.44. The van der Waals surface area contributed by atoms with Gasteiger partial charge in [0.15, 0.2) is 0 Å². The molecule has 0 bridgehead atoms. The van der Waals surface area contributed by atoms with Gasteiger partial charge in [0, 0.05) is 13.1 Å². The van der Waals surface area contributed by atoms with E-state index in [1.54, 1.807) is 11.0 Å². The fraction of sp³-hybridized carbons (Fsp3) is 0.261. The average molecular weight is 674 g/mol. The maximum atomic E-state index is 12.8. The Hall–Kier alpha value is -1.60. The van der Waals surface area contributed by atoms with Crippen LogP contribution < -0.4 is 4.74 Å². The molecule has 0 atom stereocenters. The van der Waals surface area contributed by atoms with Crippen molar-refractivity contribution >= 4 is 80.1 Å². The Bertz CT molecular complexity index is 1060. The molecule has 2 saturated heterocycles. The lowest BCUT2D eigenvalue weighted by atomic mass is 10.2. The molecule has 2 aromatic rings. The van der Waals surface area contributed by atoms with Crippen molar-refractivity contribution < 1.29 is 19.1 Å². The molecule has 2 aromatic carbocycles. The molecule has 2 heterocycles. The van der Waals surface area contributed by atoms with Gasteiger partial charge in [-0.3, -0.25) is 19.3 Å². The lowest BCUT2D eigenvalue weighted by molar-refractivity contribution is -0.135. The van der Waals surface area contributed by atoms with E-state index in [0.717, 1.165) is 53.5 Å². The van der Waals surface area contributed by atoms with Gasteiger partial charge in [-0.1, -0.05) is 30.3 Å². The minimum absolute atomic E-state index is 0.171. The van der Waals surface area contributed by atoms with Crippen molar-refractivity contribution in [2.24, 2.45) is 0 Å². The van der Waals surface area contributed by atoms with Crippen molar-refractivity contribution in [3.63, 3.8) is 0 Å². The number of thioether (sulfide) groups is 1. The van der Waals surface area contributed by atoms with Crippen LogP contribution in [0.5, 0.6) is 5.75 Å². The van der Waals surface area contributed by atoms with Crippen LogP contribution in [-0.4, -0.2) is 46.5 Å². The Kier molecular flexibility index (Phi) is 7.77. The first-order valence-corrected chi connectivity index (χ1v) is 13.1. The number of halogens is 2. The van der Waals surface area contributed by atoms with E-state index in [4.69, 9.17) is 4.74 Å². The molecule has 2 aliphatic rings. The Morgan fingerprint density at radius 3 is 2.38 bits per heavy atom. The summed E-state index contributed by atoms with van der Waals surface area (Å²) in [5, 5.41) is -0.402. The molecule has 6 nitrogen and oxygen atoms in total. The minimum atomic E-state index is -0.415. The molecule has 9 heteroatoms. The largest absolute Gasteiger partial charge is 0.487 e. The molecule has 0 spiro atoms. The predicted octanol–water partition coefficient (Wildman–Crippen LogP) is 5.13. The third-order valence-electron chi connectivity index (χ3n) is 5.17. The molecule has 4 rings (SSSR count). The van der Waals surface area contributed by atoms with Crippen LogP contribution in [0.1, 0.15) is 24.0 Å². The van der Waals surface area contributed by atoms with E-state index >= 15 is 0 Å². The first-order chi connectivity index (χ1) is 15.4. The van der Waals surface area contributed by atoms with Gasteiger partial charge in [0.1, 0.15) is 18.9 Å². The summed E-state index contributed by atoms with van der Waals surface area (Å²) in [6, 6.07) is 13.8. The molecule has 166 valence electrons. The van der Waals surface area contributed by atoms with Gasteiger partial charge < -0.3 is 9.64 Å². The molecular formula is C23H20I2N2O4S. The Morgan fingerprint density at radius 2 is 1.72 bits per heavy atom. The van der Waals surface area contributed by atoms with Crippen LogP contribution in [0.4, 0.5) is 4.79 Å². The molecule has 0 saturated carbocycles. The summed E-state index contributed by atoms with van der Waals surface area (Å²) >= 11 is 5.30. The molecule has 0 N–H and O–H groups in total. The van der Waals surface area contributed by atoms with Gasteiger partial charge in [0.05, 0.1) is 12.0 Å². The van der Waals surface area contributed by atoms with E-state index in [9.17, 15) is 14.4 Å². The summed E-state index contributed by atoms with van der Waals surface area (Å²) in [7, 11) is 0. The van der Waals surface area contributed by atoms with E-state index < -0.39 is 11.1 Å². The summed E-state index contributed by atoms with van der Waals surface area (Å²) in [6.45, 7) is 1.67. The second-order valence-corrected chi connectivity index (χ2v) is 10.8. The molecule has 2 fully saturated rings. The highest BCUT2D eigenvalue weighted by atomic mass is 127. The van der Waals surface area contributed by atoms with Gasteiger partial charge in [-0.25, -0.2) is 0 Å². The van der Waals surface area contributed by atoms with Crippen LogP contribution in [0.25, 0.3) is 6.08 Å². The third-order valence-corrected chi connectivity index (χ3v) is 7.68. The van der Waals surface area contributed by atoms with Crippen molar-refractivity contribution in [3.05, 3.63) is 65.6 Å². The van der Waals surface area contributed by atoms with Gasteiger partial charge in [0.25, 0.3) is 11.1 Å². The second kappa shape index (κ2) is 10.6. The van der Waals surface area contributed by atoms with E-state index in [-0.39, 0.29) is 12.5 Å². The number of hydrogen-bond donors (Lipinski definition) is 0. The minimum Gasteiger partial charge on any atom is -0.487 e. The van der Waals surface area contributed by atoms with Gasteiger partial charge in [-0.05, 0) is 99.1 Å². The number of ether oxygens (including phenoxy) is 1. The number of imide groups is 1. The summed E-state index contributed by atoms with van der Waals surface area (Å²) < 4.78 is 7.85. The van der Waals surface area contributed by atoms with Crippen molar-refractivity contribution in [3.8, 4) is 5.75 Å². The summed E-state index contributed by atoms with van der Waals surface area (Å²) in [5.74, 6) is 0.202. The summed E-state index contributed by atoms with van der Waals surface area (Å²) in [6.07, 6.45) is 3.64. The number of likely N-dealkylation sites (tertiary alicyclic amines) is 1. The standard InChI is InChI=1S/C23H20I2N2O4S/c24-17-10-16(11-18(25)21(17)31-14-15-6-2-1-3-7-15)12-19-22(29)27(23(30)32-19)13-20(28)26-8-4-5-9-26/h1-3,6-7,10-12H,4-5,8-9,13-14H2/b19-12+. The molecule has 0 radical (unpaired) electrons.